The predicted octanol–water partition coefficient (Wildman–Crippen LogP) is 6.53. The van der Waals surface area contributed by atoms with Gasteiger partial charge in [-0.3, -0.25) is 4.57 Å². The van der Waals surface area contributed by atoms with Gasteiger partial charge in [0, 0.05) is 0 Å². The second-order valence-corrected chi connectivity index (χ2v) is 8.09. The van der Waals surface area contributed by atoms with Crippen LogP contribution in [0.2, 0.25) is 0 Å². The highest BCUT2D eigenvalue weighted by Crippen LogP contribution is 2.35. The number of hydrogen-bond donors (Lipinski definition) is 1. The Labute approximate surface area is 145 Å². The number of unbranched alkanes of at least 4 members (excludes halogenated alkanes) is 15. The molecule has 2 radical (unpaired) electrons. The van der Waals surface area contributed by atoms with Crippen LogP contribution in [0.1, 0.15) is 110 Å². The van der Waals surface area contributed by atoms with E-state index in [0.717, 1.165) is 12.8 Å². The summed E-state index contributed by atoms with van der Waals surface area (Å²) in [6.45, 7) is 2.56. The van der Waals surface area contributed by atoms with Gasteiger partial charge < -0.3 is 9.42 Å². The highest BCUT2D eigenvalue weighted by molar-refractivity contribution is 7.78. The van der Waals surface area contributed by atoms with Crippen LogP contribution in [0, 0.1) is 0 Å². The second-order valence-electron chi connectivity index (χ2n) is 6.70. The maximum absolute atomic E-state index is 10.7. The second kappa shape index (κ2) is 17.1. The van der Waals surface area contributed by atoms with Gasteiger partial charge in [-0.05, 0) is 6.42 Å². The third kappa shape index (κ3) is 22.2. The van der Waals surface area contributed by atoms with Crippen LogP contribution in [0.5, 0.6) is 0 Å². The van der Waals surface area contributed by atoms with E-state index in [4.69, 9.17) is 12.5 Å². The van der Waals surface area contributed by atoms with Gasteiger partial charge in [-0.2, -0.15) is 0 Å². The molecule has 0 bridgehead atoms. The molecular weight excluding hydrogens is 306 g/mol. The third-order valence-electron chi connectivity index (χ3n) is 4.27. The van der Waals surface area contributed by atoms with Crippen molar-refractivity contribution in [1.29, 1.82) is 0 Å². The molecule has 0 aliphatic heterocycles. The van der Waals surface area contributed by atoms with Crippen molar-refractivity contribution in [2.45, 2.75) is 110 Å². The summed E-state index contributed by atoms with van der Waals surface area (Å²) < 4.78 is 15.3. The lowest BCUT2D eigenvalue weighted by Gasteiger charge is -2.07. The minimum Gasteiger partial charge on any atom is -0.333 e. The molecule has 0 saturated carbocycles. The predicted molar refractivity (Wildman–Crippen MR) is 101 cm³/mol. The first-order valence-electron chi connectivity index (χ1n) is 9.82. The molecule has 1 N–H and O–H groups in total. The van der Waals surface area contributed by atoms with Gasteiger partial charge in [0.25, 0.3) is 7.47 Å². The number of hydrogen-bond acceptors (Lipinski definition) is 2. The summed E-state index contributed by atoms with van der Waals surface area (Å²) in [5.41, 5.74) is 0. The molecule has 0 aliphatic carbocycles. The Kier molecular flexibility index (Phi) is 17.2. The highest BCUT2D eigenvalue weighted by atomic mass is 31.2. The van der Waals surface area contributed by atoms with Crippen molar-refractivity contribution < 1.29 is 14.0 Å². The standard InChI is InChI=1S/C18H38BO3P/c1-2-3-4-5-6-7-8-9-10-11-12-13-14-15-16-17-18-22-23(19,20)21/h2-18H2,1H3,(H,20,21). The Bertz CT molecular complexity index is 281. The first kappa shape index (κ1) is 23.2. The Balaban J connectivity index is 3.01. The molecule has 5 heteroatoms. The lowest BCUT2D eigenvalue weighted by atomic mass is 10.0. The molecule has 0 spiro atoms. The van der Waals surface area contributed by atoms with Crippen LogP contribution < -0.4 is 0 Å². The van der Waals surface area contributed by atoms with E-state index in [-0.39, 0.29) is 0 Å². The lowest BCUT2D eigenvalue weighted by Crippen LogP contribution is -1.92. The monoisotopic (exact) mass is 344 g/mol. The van der Waals surface area contributed by atoms with Gasteiger partial charge in [-0.25, -0.2) is 0 Å². The van der Waals surface area contributed by atoms with Crippen LogP contribution >= 0.6 is 7.47 Å². The van der Waals surface area contributed by atoms with Crippen molar-refractivity contribution >= 4 is 15.0 Å². The summed E-state index contributed by atoms with van der Waals surface area (Å²) in [6, 6.07) is 0. The van der Waals surface area contributed by atoms with E-state index in [2.05, 4.69) is 11.4 Å². The normalized spacial score (nSPS) is 14.0. The maximum Gasteiger partial charge on any atom is 0.261 e. The van der Waals surface area contributed by atoms with Crippen LogP contribution in [-0.2, 0) is 9.09 Å². The largest absolute Gasteiger partial charge is 0.333 e. The molecule has 0 amide bonds. The SMILES string of the molecule is [B]P(=O)(O)OCCCCCCCCCCCCCCCCCC. The van der Waals surface area contributed by atoms with Gasteiger partial charge in [0.2, 0.25) is 7.57 Å². The molecule has 0 saturated heterocycles. The van der Waals surface area contributed by atoms with Crippen molar-refractivity contribution in [2.75, 3.05) is 6.61 Å². The Morgan fingerprint density at radius 2 is 1.00 bits per heavy atom. The summed E-state index contributed by atoms with van der Waals surface area (Å²) in [5.74, 6) is 0. The smallest absolute Gasteiger partial charge is 0.261 e. The molecule has 23 heavy (non-hydrogen) atoms. The lowest BCUT2D eigenvalue weighted by molar-refractivity contribution is 0.266. The van der Waals surface area contributed by atoms with E-state index in [1.165, 1.54) is 89.9 Å². The van der Waals surface area contributed by atoms with E-state index < -0.39 is 7.47 Å². The quantitative estimate of drug-likeness (QED) is 0.175. The molecule has 1 atom stereocenters. The molecule has 0 fully saturated rings. The van der Waals surface area contributed by atoms with Crippen LogP contribution in [-0.4, -0.2) is 19.1 Å². The Hall–Kier alpha value is 0.215. The summed E-state index contributed by atoms with van der Waals surface area (Å²) in [5, 5.41) is 0. The average molecular weight is 344 g/mol. The van der Waals surface area contributed by atoms with Crippen molar-refractivity contribution in [3.63, 3.8) is 0 Å². The summed E-state index contributed by atoms with van der Waals surface area (Å²) in [7, 11) is 1.14. The average Bonchev–Trinajstić information content (AvgIpc) is 2.49. The van der Waals surface area contributed by atoms with Crippen molar-refractivity contribution in [2.24, 2.45) is 0 Å². The van der Waals surface area contributed by atoms with E-state index in [0.29, 0.717) is 6.61 Å². The van der Waals surface area contributed by atoms with Crippen molar-refractivity contribution in [3.05, 3.63) is 0 Å². The van der Waals surface area contributed by atoms with Gasteiger partial charge in [0.1, 0.15) is 0 Å². The van der Waals surface area contributed by atoms with E-state index in [1.54, 1.807) is 0 Å². The Morgan fingerprint density at radius 3 is 1.30 bits per heavy atom. The molecule has 0 aliphatic rings. The topological polar surface area (TPSA) is 46.5 Å². The van der Waals surface area contributed by atoms with E-state index in [9.17, 15) is 4.57 Å². The number of rotatable bonds is 18. The fourth-order valence-electron chi connectivity index (χ4n) is 2.85. The molecular formula is C18H38BO3P. The highest BCUT2D eigenvalue weighted by Gasteiger charge is 2.07. The van der Waals surface area contributed by atoms with E-state index >= 15 is 0 Å². The summed E-state index contributed by atoms with van der Waals surface area (Å²) in [6.07, 6.45) is 21.0. The zero-order valence-corrected chi connectivity index (χ0v) is 16.2. The molecule has 0 rings (SSSR count). The fraction of sp³-hybridized carbons (Fsp3) is 1.00. The van der Waals surface area contributed by atoms with Crippen molar-refractivity contribution in [1.82, 2.24) is 0 Å². The maximum atomic E-state index is 10.7. The van der Waals surface area contributed by atoms with Crippen molar-refractivity contribution in [3.8, 4) is 0 Å². The first-order chi connectivity index (χ1) is 11.1. The summed E-state index contributed by atoms with van der Waals surface area (Å²) >= 11 is 0. The third-order valence-corrected chi connectivity index (χ3v) is 4.83. The van der Waals surface area contributed by atoms with Crippen LogP contribution in [0.15, 0.2) is 0 Å². The molecule has 1 unspecified atom stereocenters. The summed E-state index contributed by atoms with van der Waals surface area (Å²) in [4.78, 5) is 8.75. The van der Waals surface area contributed by atoms with E-state index in [1.807, 2.05) is 0 Å². The first-order valence-corrected chi connectivity index (χ1v) is 11.5. The minimum atomic E-state index is -3.76. The van der Waals surface area contributed by atoms with Crippen LogP contribution in [0.25, 0.3) is 0 Å². The molecule has 0 aromatic rings. The zero-order chi connectivity index (χ0) is 17.2. The molecule has 3 nitrogen and oxygen atoms in total. The molecule has 136 valence electrons. The fourth-order valence-corrected chi connectivity index (χ4v) is 3.24. The van der Waals surface area contributed by atoms with Gasteiger partial charge in [-0.15, -0.1) is 0 Å². The van der Waals surface area contributed by atoms with Crippen LogP contribution in [0.4, 0.5) is 0 Å². The molecule has 0 aromatic heterocycles. The molecule has 0 aromatic carbocycles. The van der Waals surface area contributed by atoms with Gasteiger partial charge in [0.05, 0.1) is 6.61 Å². The van der Waals surface area contributed by atoms with Gasteiger partial charge in [0.15, 0.2) is 0 Å². The zero-order valence-electron chi connectivity index (χ0n) is 15.3. The van der Waals surface area contributed by atoms with Gasteiger partial charge in [-0.1, -0.05) is 103 Å². The Morgan fingerprint density at radius 1 is 0.696 bits per heavy atom. The minimum absolute atomic E-state index is 0.294. The van der Waals surface area contributed by atoms with Crippen LogP contribution in [0.3, 0.4) is 0 Å². The van der Waals surface area contributed by atoms with Gasteiger partial charge >= 0.3 is 0 Å². The molecule has 0 heterocycles.